The number of hydrogen-bond acceptors (Lipinski definition) is 4. The molecule has 2 aromatic heterocycles. The van der Waals surface area contributed by atoms with Gasteiger partial charge in [-0.2, -0.15) is 5.10 Å². The van der Waals surface area contributed by atoms with E-state index in [1.54, 1.807) is 6.20 Å². The summed E-state index contributed by atoms with van der Waals surface area (Å²) in [4.78, 5) is 19.9. The number of nitrogens with zero attached hydrogens (tertiary/aromatic N) is 4. The van der Waals surface area contributed by atoms with E-state index in [0.29, 0.717) is 6.54 Å². The summed E-state index contributed by atoms with van der Waals surface area (Å²) in [7, 11) is 0. The largest absolute Gasteiger partial charge is 0.310 e. The summed E-state index contributed by atoms with van der Waals surface area (Å²) in [5.74, 6) is 0.738. The van der Waals surface area contributed by atoms with Gasteiger partial charge in [-0.25, -0.2) is 4.68 Å². The third-order valence-electron chi connectivity index (χ3n) is 6.17. The summed E-state index contributed by atoms with van der Waals surface area (Å²) in [5.41, 5.74) is 6.03. The van der Waals surface area contributed by atoms with Gasteiger partial charge in [-0.1, -0.05) is 24.3 Å². The number of anilines is 1. The van der Waals surface area contributed by atoms with Crippen LogP contribution in [0.3, 0.4) is 0 Å². The highest BCUT2D eigenvalue weighted by Gasteiger charge is 2.29. The second-order valence-corrected chi connectivity index (χ2v) is 9.08. The lowest BCUT2D eigenvalue weighted by Gasteiger charge is -2.24. The first-order valence-corrected chi connectivity index (χ1v) is 11.5. The van der Waals surface area contributed by atoms with Crippen molar-refractivity contribution in [3.8, 4) is 0 Å². The Morgan fingerprint density at radius 3 is 2.78 bits per heavy atom. The highest BCUT2D eigenvalue weighted by Crippen LogP contribution is 2.31. The number of aromatic nitrogens is 3. The van der Waals surface area contributed by atoms with E-state index in [0.717, 1.165) is 43.0 Å². The second-order valence-electron chi connectivity index (χ2n) is 9.08. The lowest BCUT2D eigenvalue weighted by molar-refractivity contribution is -0.117. The molecule has 0 saturated carbocycles. The van der Waals surface area contributed by atoms with Crippen LogP contribution in [0.1, 0.15) is 66.9 Å². The molecule has 1 unspecified atom stereocenters. The van der Waals surface area contributed by atoms with Gasteiger partial charge in [0, 0.05) is 17.8 Å². The minimum atomic E-state index is -0.00733. The molecule has 0 bridgehead atoms. The van der Waals surface area contributed by atoms with Crippen molar-refractivity contribution >= 4 is 11.7 Å². The van der Waals surface area contributed by atoms with E-state index in [9.17, 15) is 4.79 Å². The molecule has 168 valence electrons. The quantitative estimate of drug-likeness (QED) is 0.581. The molecule has 1 aliphatic heterocycles. The molecule has 32 heavy (non-hydrogen) atoms. The minimum Gasteiger partial charge on any atom is -0.310 e. The van der Waals surface area contributed by atoms with Crippen molar-refractivity contribution in [2.24, 2.45) is 0 Å². The summed E-state index contributed by atoms with van der Waals surface area (Å²) >= 11 is 0. The van der Waals surface area contributed by atoms with Gasteiger partial charge < -0.3 is 5.32 Å². The Morgan fingerprint density at radius 2 is 2.00 bits per heavy atom. The summed E-state index contributed by atoms with van der Waals surface area (Å²) in [6.07, 6.45) is 4.72. The van der Waals surface area contributed by atoms with Crippen LogP contribution in [0.5, 0.6) is 0 Å². The van der Waals surface area contributed by atoms with E-state index in [2.05, 4.69) is 79.4 Å². The molecular weight excluding hydrogens is 398 g/mol. The number of rotatable bonds is 7. The van der Waals surface area contributed by atoms with Gasteiger partial charge >= 0.3 is 0 Å². The lowest BCUT2D eigenvalue weighted by Crippen LogP contribution is -2.34. The third-order valence-corrected chi connectivity index (χ3v) is 6.17. The fourth-order valence-electron chi connectivity index (χ4n) is 4.61. The Labute approximate surface area is 190 Å². The minimum absolute atomic E-state index is 0.00733. The molecule has 1 atom stereocenters. The highest BCUT2D eigenvalue weighted by molar-refractivity contribution is 5.91. The van der Waals surface area contributed by atoms with Crippen molar-refractivity contribution in [2.75, 3.05) is 18.4 Å². The van der Waals surface area contributed by atoms with Crippen molar-refractivity contribution in [1.82, 2.24) is 19.7 Å². The van der Waals surface area contributed by atoms with Crippen molar-refractivity contribution < 1.29 is 4.79 Å². The molecule has 6 heteroatoms. The Morgan fingerprint density at radius 1 is 1.19 bits per heavy atom. The Bertz CT molecular complexity index is 1090. The van der Waals surface area contributed by atoms with Crippen LogP contribution in [0.4, 0.5) is 5.82 Å². The van der Waals surface area contributed by atoms with Gasteiger partial charge in [0.15, 0.2) is 0 Å². The van der Waals surface area contributed by atoms with Crippen LogP contribution < -0.4 is 5.32 Å². The van der Waals surface area contributed by atoms with Crippen molar-refractivity contribution in [1.29, 1.82) is 0 Å². The van der Waals surface area contributed by atoms with Gasteiger partial charge in [0.05, 0.1) is 24.5 Å². The van der Waals surface area contributed by atoms with Crippen molar-refractivity contribution in [2.45, 2.75) is 59.0 Å². The molecule has 6 nitrogen and oxygen atoms in total. The molecular formula is C26H33N5O. The molecule has 0 spiro atoms. The monoisotopic (exact) mass is 431 g/mol. The van der Waals surface area contributed by atoms with Gasteiger partial charge in [-0.05, 0) is 82.3 Å². The highest BCUT2D eigenvalue weighted by atomic mass is 16.2. The van der Waals surface area contributed by atoms with Crippen LogP contribution in [0.25, 0.3) is 0 Å². The standard InChI is InChI=1S/C26H33N5O/c1-18(2)31-25(11-12-27-31)29-26(32)17-30-13-7-10-24(30)23-16-21(14-20(4)28-23)15-22-9-6-5-8-19(22)3/h5-6,8-9,11-12,14,16,18,24H,7,10,13,15,17H2,1-4H3,(H,29,32). The zero-order valence-electron chi connectivity index (χ0n) is 19.5. The molecule has 0 radical (unpaired) electrons. The van der Waals surface area contributed by atoms with E-state index in [4.69, 9.17) is 4.98 Å². The Balaban J connectivity index is 1.48. The predicted molar refractivity (Wildman–Crippen MR) is 128 cm³/mol. The van der Waals surface area contributed by atoms with Gasteiger partial charge in [0.1, 0.15) is 5.82 Å². The Kier molecular flexibility index (Phi) is 6.70. The predicted octanol–water partition coefficient (Wildman–Crippen LogP) is 4.84. The molecule has 1 amide bonds. The molecule has 0 aliphatic carbocycles. The van der Waals surface area contributed by atoms with Gasteiger partial charge in [0.2, 0.25) is 5.91 Å². The second kappa shape index (κ2) is 9.65. The maximum atomic E-state index is 12.8. The molecule has 1 aromatic carbocycles. The lowest BCUT2D eigenvalue weighted by atomic mass is 9.99. The van der Waals surface area contributed by atoms with Gasteiger partial charge in [-0.3, -0.25) is 14.7 Å². The van der Waals surface area contributed by atoms with Crippen LogP contribution in [0.15, 0.2) is 48.7 Å². The number of carbonyl (C=O) groups is 1. The van der Waals surface area contributed by atoms with Gasteiger partial charge in [-0.15, -0.1) is 0 Å². The number of pyridine rings is 1. The first-order valence-electron chi connectivity index (χ1n) is 11.5. The van der Waals surface area contributed by atoms with Crippen LogP contribution in [-0.2, 0) is 11.2 Å². The fraction of sp³-hybridized carbons (Fsp3) is 0.423. The number of benzene rings is 1. The van der Waals surface area contributed by atoms with Gasteiger partial charge in [0.25, 0.3) is 0 Å². The number of hydrogen-bond donors (Lipinski definition) is 1. The average molecular weight is 432 g/mol. The fourth-order valence-corrected chi connectivity index (χ4v) is 4.61. The zero-order chi connectivity index (χ0) is 22.7. The summed E-state index contributed by atoms with van der Waals surface area (Å²) in [6.45, 7) is 9.59. The van der Waals surface area contributed by atoms with Crippen LogP contribution in [0.2, 0.25) is 0 Å². The summed E-state index contributed by atoms with van der Waals surface area (Å²) in [5, 5.41) is 7.33. The number of carbonyl (C=O) groups excluding carboxylic acids is 1. The normalized spacial score (nSPS) is 16.6. The topological polar surface area (TPSA) is 63.1 Å². The maximum Gasteiger partial charge on any atom is 0.239 e. The molecule has 3 aromatic rings. The van der Waals surface area contributed by atoms with Crippen molar-refractivity contribution in [3.63, 3.8) is 0 Å². The number of likely N-dealkylation sites (tertiary alicyclic amines) is 1. The molecule has 1 aliphatic rings. The molecule has 1 saturated heterocycles. The molecule has 3 heterocycles. The van der Waals surface area contributed by atoms with E-state index in [1.807, 2.05) is 10.7 Å². The first-order chi connectivity index (χ1) is 15.4. The number of aryl methyl sites for hydroxylation is 2. The zero-order valence-corrected chi connectivity index (χ0v) is 19.5. The Hall–Kier alpha value is -2.99. The smallest absolute Gasteiger partial charge is 0.239 e. The maximum absolute atomic E-state index is 12.8. The van der Waals surface area contributed by atoms with E-state index < -0.39 is 0 Å². The summed E-state index contributed by atoms with van der Waals surface area (Å²) < 4.78 is 1.83. The molecule has 4 rings (SSSR count). The van der Waals surface area contributed by atoms with Crippen LogP contribution in [-0.4, -0.2) is 38.7 Å². The summed E-state index contributed by atoms with van der Waals surface area (Å²) in [6, 6.07) is 15.2. The van der Waals surface area contributed by atoms with E-state index in [-0.39, 0.29) is 18.0 Å². The van der Waals surface area contributed by atoms with Crippen LogP contribution >= 0.6 is 0 Å². The number of nitrogens with one attached hydrogen (secondary N) is 1. The first kappa shape index (κ1) is 22.2. The third kappa shape index (κ3) is 5.07. The van der Waals surface area contributed by atoms with E-state index >= 15 is 0 Å². The van der Waals surface area contributed by atoms with Crippen molar-refractivity contribution in [3.05, 3.63) is 76.7 Å². The van der Waals surface area contributed by atoms with E-state index in [1.165, 1.54) is 16.7 Å². The van der Waals surface area contributed by atoms with Crippen LogP contribution in [0, 0.1) is 13.8 Å². The SMILES string of the molecule is Cc1cc(Cc2ccccc2C)cc(C2CCCN2CC(=O)Nc2ccnn2C(C)C)n1. The molecule has 1 N–H and O–H groups in total. The average Bonchev–Trinajstić information content (AvgIpc) is 3.39. The number of amides is 1. The molecule has 1 fully saturated rings.